The summed E-state index contributed by atoms with van der Waals surface area (Å²) in [7, 11) is 0. The number of β-amino-alcohol motifs (C(OH)–C–C–N with tert-alkyl or cyclic N) is 1. The first kappa shape index (κ1) is 12.0. The molecule has 0 radical (unpaired) electrons. The number of aromatic nitrogens is 3. The smallest absolute Gasteiger partial charge is 0.224 e. The Morgan fingerprint density at radius 3 is 3.06 bits per heavy atom. The zero-order valence-corrected chi connectivity index (χ0v) is 10.0. The number of carbonyl (C=O) groups excluding carboxylic acids is 1. The summed E-state index contributed by atoms with van der Waals surface area (Å²) in [6.45, 7) is 3.50. The Kier molecular flexibility index (Phi) is 3.42. The van der Waals surface area contributed by atoms with E-state index in [1.807, 2.05) is 0 Å². The highest BCUT2D eigenvalue weighted by Crippen LogP contribution is 2.20. The molecule has 6 heteroatoms. The molecular formula is C11H18N4O2. The molecule has 1 aliphatic heterocycles. The van der Waals surface area contributed by atoms with Gasteiger partial charge in [-0.1, -0.05) is 0 Å². The molecule has 0 saturated carbocycles. The molecule has 94 valence electrons. The number of nitrogens with zero attached hydrogens (tertiary/aromatic N) is 4. The van der Waals surface area contributed by atoms with Crippen LogP contribution in [0.3, 0.4) is 0 Å². The highest BCUT2D eigenvalue weighted by atomic mass is 16.3. The molecule has 1 N–H and O–H groups in total. The van der Waals surface area contributed by atoms with E-state index in [9.17, 15) is 9.90 Å². The van der Waals surface area contributed by atoms with Gasteiger partial charge in [-0.05, 0) is 19.8 Å². The third-order valence-electron chi connectivity index (χ3n) is 3.05. The fourth-order valence-electron chi connectivity index (χ4n) is 2.15. The summed E-state index contributed by atoms with van der Waals surface area (Å²) in [5.41, 5.74) is -0.735. The number of carbonyl (C=O) groups is 1. The molecule has 1 unspecified atom stereocenters. The molecule has 1 aromatic heterocycles. The van der Waals surface area contributed by atoms with Crippen molar-refractivity contribution in [3.63, 3.8) is 0 Å². The minimum atomic E-state index is -0.735. The van der Waals surface area contributed by atoms with Gasteiger partial charge in [0.05, 0.1) is 12.1 Å². The predicted octanol–water partition coefficient (Wildman–Crippen LogP) is 0.0416. The predicted molar refractivity (Wildman–Crippen MR) is 61.1 cm³/mol. The van der Waals surface area contributed by atoms with Crippen LogP contribution in [0.2, 0.25) is 0 Å². The average Bonchev–Trinajstić information content (AvgIpc) is 2.77. The molecule has 1 aliphatic rings. The molecule has 0 aromatic carbocycles. The lowest BCUT2D eigenvalue weighted by atomic mass is 9.95. The van der Waals surface area contributed by atoms with E-state index in [0.717, 1.165) is 19.4 Å². The van der Waals surface area contributed by atoms with Crippen molar-refractivity contribution in [1.29, 1.82) is 0 Å². The number of hydrogen-bond acceptors (Lipinski definition) is 4. The molecule has 1 amide bonds. The maximum atomic E-state index is 11.9. The van der Waals surface area contributed by atoms with Gasteiger partial charge in [0.15, 0.2) is 0 Å². The van der Waals surface area contributed by atoms with E-state index in [0.29, 0.717) is 19.5 Å². The Morgan fingerprint density at radius 2 is 2.41 bits per heavy atom. The third kappa shape index (κ3) is 3.26. The number of hydrogen-bond donors (Lipinski definition) is 1. The largest absolute Gasteiger partial charge is 0.388 e. The zero-order valence-electron chi connectivity index (χ0n) is 10.0. The Labute approximate surface area is 100 Å². The second kappa shape index (κ2) is 4.83. The van der Waals surface area contributed by atoms with Gasteiger partial charge in [0, 0.05) is 19.5 Å². The van der Waals surface area contributed by atoms with Crippen molar-refractivity contribution in [1.82, 2.24) is 19.7 Å². The second-order valence-electron chi connectivity index (χ2n) is 4.82. The van der Waals surface area contributed by atoms with Crippen LogP contribution in [-0.2, 0) is 11.3 Å². The summed E-state index contributed by atoms with van der Waals surface area (Å²) in [6, 6.07) is 0. The normalized spacial score (nSPS) is 24.9. The van der Waals surface area contributed by atoms with Crippen molar-refractivity contribution in [3.05, 3.63) is 12.7 Å². The van der Waals surface area contributed by atoms with Crippen LogP contribution >= 0.6 is 0 Å². The molecule has 1 aromatic rings. The van der Waals surface area contributed by atoms with Crippen molar-refractivity contribution < 1.29 is 9.90 Å². The van der Waals surface area contributed by atoms with Gasteiger partial charge in [-0.25, -0.2) is 4.98 Å². The molecule has 2 rings (SSSR count). The highest BCUT2D eigenvalue weighted by molar-refractivity contribution is 5.76. The maximum absolute atomic E-state index is 11.9. The number of piperidine rings is 1. The van der Waals surface area contributed by atoms with Crippen molar-refractivity contribution in [2.24, 2.45) is 0 Å². The summed E-state index contributed by atoms with van der Waals surface area (Å²) < 4.78 is 1.64. The SMILES string of the molecule is CC1(O)CCCN(C(=O)CCn2cncn2)C1. The molecule has 2 heterocycles. The summed E-state index contributed by atoms with van der Waals surface area (Å²) in [4.78, 5) is 17.5. The first-order valence-electron chi connectivity index (χ1n) is 5.89. The topological polar surface area (TPSA) is 71.2 Å². The van der Waals surface area contributed by atoms with Gasteiger partial charge in [0.2, 0.25) is 5.91 Å². The molecule has 17 heavy (non-hydrogen) atoms. The van der Waals surface area contributed by atoms with Crippen LogP contribution in [0.5, 0.6) is 0 Å². The van der Waals surface area contributed by atoms with E-state index in [-0.39, 0.29) is 5.91 Å². The Hall–Kier alpha value is -1.43. The van der Waals surface area contributed by atoms with E-state index in [2.05, 4.69) is 10.1 Å². The van der Waals surface area contributed by atoms with E-state index in [4.69, 9.17) is 0 Å². The Morgan fingerprint density at radius 1 is 1.59 bits per heavy atom. The molecule has 0 spiro atoms. The molecule has 6 nitrogen and oxygen atoms in total. The van der Waals surface area contributed by atoms with Crippen molar-refractivity contribution in [2.75, 3.05) is 13.1 Å². The molecule has 0 bridgehead atoms. The molecule has 1 atom stereocenters. The van der Waals surface area contributed by atoms with Crippen molar-refractivity contribution in [3.8, 4) is 0 Å². The fraction of sp³-hybridized carbons (Fsp3) is 0.727. The Balaban J connectivity index is 1.83. The lowest BCUT2D eigenvalue weighted by molar-refractivity contribution is -0.137. The average molecular weight is 238 g/mol. The summed E-state index contributed by atoms with van der Waals surface area (Å²) in [5, 5.41) is 13.9. The fourth-order valence-corrected chi connectivity index (χ4v) is 2.15. The first-order valence-corrected chi connectivity index (χ1v) is 5.89. The van der Waals surface area contributed by atoms with E-state index < -0.39 is 5.60 Å². The lowest BCUT2D eigenvalue weighted by Gasteiger charge is -2.36. The van der Waals surface area contributed by atoms with Crippen LogP contribution in [0.15, 0.2) is 12.7 Å². The zero-order chi connectivity index (χ0) is 12.3. The summed E-state index contributed by atoms with van der Waals surface area (Å²) >= 11 is 0. The standard InChI is InChI=1S/C11H18N4O2/c1-11(17)4-2-5-14(7-11)10(16)3-6-15-9-12-8-13-15/h8-9,17H,2-7H2,1H3. The minimum Gasteiger partial charge on any atom is -0.388 e. The Bertz CT molecular complexity index is 375. The van der Waals surface area contributed by atoms with Crippen LogP contribution in [0, 0.1) is 0 Å². The summed E-state index contributed by atoms with van der Waals surface area (Å²) in [5.74, 6) is 0.0699. The number of aryl methyl sites for hydroxylation is 1. The molecule has 0 aliphatic carbocycles. The van der Waals surface area contributed by atoms with Crippen molar-refractivity contribution in [2.45, 2.75) is 38.3 Å². The van der Waals surface area contributed by atoms with Crippen LogP contribution in [0.1, 0.15) is 26.2 Å². The number of amides is 1. The van der Waals surface area contributed by atoms with E-state index >= 15 is 0 Å². The van der Waals surface area contributed by atoms with Gasteiger partial charge in [-0.15, -0.1) is 0 Å². The summed E-state index contributed by atoms with van der Waals surface area (Å²) in [6.07, 6.45) is 5.08. The van der Waals surface area contributed by atoms with Crippen LogP contribution in [0.4, 0.5) is 0 Å². The van der Waals surface area contributed by atoms with E-state index in [1.165, 1.54) is 6.33 Å². The van der Waals surface area contributed by atoms with Gasteiger partial charge in [-0.2, -0.15) is 5.10 Å². The van der Waals surface area contributed by atoms with Gasteiger partial charge >= 0.3 is 0 Å². The van der Waals surface area contributed by atoms with Crippen molar-refractivity contribution >= 4 is 5.91 Å². The first-order chi connectivity index (χ1) is 8.07. The monoisotopic (exact) mass is 238 g/mol. The number of rotatable bonds is 3. The van der Waals surface area contributed by atoms with Gasteiger partial charge < -0.3 is 10.0 Å². The molecule has 1 fully saturated rings. The highest BCUT2D eigenvalue weighted by Gasteiger charge is 2.30. The van der Waals surface area contributed by atoms with Crippen LogP contribution in [-0.4, -0.2) is 49.4 Å². The van der Waals surface area contributed by atoms with Gasteiger partial charge in [0.1, 0.15) is 12.7 Å². The lowest BCUT2D eigenvalue weighted by Crippen LogP contribution is -2.48. The molecule has 1 saturated heterocycles. The quantitative estimate of drug-likeness (QED) is 0.807. The minimum absolute atomic E-state index is 0.0699. The van der Waals surface area contributed by atoms with E-state index in [1.54, 1.807) is 22.8 Å². The van der Waals surface area contributed by atoms with Gasteiger partial charge in [0.25, 0.3) is 0 Å². The maximum Gasteiger partial charge on any atom is 0.224 e. The number of likely N-dealkylation sites (tertiary alicyclic amines) is 1. The number of aliphatic hydroxyl groups is 1. The van der Waals surface area contributed by atoms with Crippen LogP contribution in [0.25, 0.3) is 0 Å². The second-order valence-corrected chi connectivity index (χ2v) is 4.82. The van der Waals surface area contributed by atoms with Crippen LogP contribution < -0.4 is 0 Å². The third-order valence-corrected chi connectivity index (χ3v) is 3.05. The molecular weight excluding hydrogens is 220 g/mol. The van der Waals surface area contributed by atoms with Gasteiger partial charge in [-0.3, -0.25) is 9.48 Å².